The van der Waals surface area contributed by atoms with E-state index in [0.717, 1.165) is 0 Å². The van der Waals surface area contributed by atoms with E-state index in [0.29, 0.717) is 12.8 Å². The van der Waals surface area contributed by atoms with Crippen LogP contribution in [0.4, 0.5) is 18.0 Å². The molecule has 1 heterocycles. The lowest BCUT2D eigenvalue weighted by Gasteiger charge is -2.13. The van der Waals surface area contributed by atoms with Crippen LogP contribution in [0.3, 0.4) is 0 Å². The number of carboxylic acid groups (broad SMARTS) is 1. The number of rotatable bonds is 6. The molecular weight excluding hydrogens is 281 g/mol. The molecule has 1 rings (SSSR count). The zero-order valence-corrected chi connectivity index (χ0v) is 10.7. The Morgan fingerprint density at radius 2 is 1.95 bits per heavy atom. The average Bonchev–Trinajstić information content (AvgIpc) is 2.80. The maximum atomic E-state index is 11.8. The van der Waals surface area contributed by atoms with Crippen molar-refractivity contribution in [2.24, 2.45) is 0 Å². The summed E-state index contributed by atoms with van der Waals surface area (Å²) >= 11 is 0. The Morgan fingerprint density at radius 3 is 2.50 bits per heavy atom. The van der Waals surface area contributed by atoms with Crippen LogP contribution >= 0.6 is 0 Å². The molecule has 1 fully saturated rings. The highest BCUT2D eigenvalue weighted by Crippen LogP contribution is 2.20. The van der Waals surface area contributed by atoms with Crippen molar-refractivity contribution >= 4 is 12.0 Å². The second-order valence-electron chi connectivity index (χ2n) is 4.52. The van der Waals surface area contributed by atoms with Crippen molar-refractivity contribution in [3.63, 3.8) is 0 Å². The largest absolute Gasteiger partial charge is 0.479 e. The van der Waals surface area contributed by atoms with Gasteiger partial charge < -0.3 is 20.5 Å². The SMILES string of the molecule is O=C(NCCCC(F)(F)F)NCC1CCC(C(=O)O)O1. The van der Waals surface area contributed by atoms with Crippen molar-refractivity contribution < 1.29 is 32.6 Å². The summed E-state index contributed by atoms with van der Waals surface area (Å²) in [7, 11) is 0. The molecule has 0 aromatic heterocycles. The first-order valence-corrected chi connectivity index (χ1v) is 6.24. The Balaban J connectivity index is 2.08. The second kappa shape index (κ2) is 7.32. The number of carboxylic acids is 1. The zero-order valence-electron chi connectivity index (χ0n) is 10.7. The van der Waals surface area contributed by atoms with Crippen molar-refractivity contribution in [2.75, 3.05) is 13.1 Å². The average molecular weight is 298 g/mol. The summed E-state index contributed by atoms with van der Waals surface area (Å²) in [6.45, 7) is 0.0590. The molecule has 1 aliphatic rings. The van der Waals surface area contributed by atoms with Gasteiger partial charge in [0.1, 0.15) is 0 Å². The summed E-state index contributed by atoms with van der Waals surface area (Å²) in [5.74, 6) is -1.04. The van der Waals surface area contributed by atoms with Crippen molar-refractivity contribution in [2.45, 2.75) is 44.1 Å². The van der Waals surface area contributed by atoms with Gasteiger partial charge in [-0.1, -0.05) is 0 Å². The number of hydrogen-bond acceptors (Lipinski definition) is 3. The minimum Gasteiger partial charge on any atom is -0.479 e. The monoisotopic (exact) mass is 298 g/mol. The van der Waals surface area contributed by atoms with E-state index in [1.165, 1.54) is 0 Å². The highest BCUT2D eigenvalue weighted by Gasteiger charge is 2.30. The number of aliphatic carboxylic acids is 1. The lowest BCUT2D eigenvalue weighted by Crippen LogP contribution is -2.40. The van der Waals surface area contributed by atoms with Crippen molar-refractivity contribution in [1.82, 2.24) is 10.6 Å². The van der Waals surface area contributed by atoms with E-state index in [-0.39, 0.29) is 25.6 Å². The van der Waals surface area contributed by atoms with E-state index in [2.05, 4.69) is 10.6 Å². The molecule has 0 spiro atoms. The predicted octanol–water partition coefficient (Wildman–Crippen LogP) is 1.26. The highest BCUT2D eigenvalue weighted by atomic mass is 19.4. The van der Waals surface area contributed by atoms with Gasteiger partial charge in [0.2, 0.25) is 0 Å². The van der Waals surface area contributed by atoms with E-state index in [1.807, 2.05) is 0 Å². The molecular formula is C11H17F3N2O4. The number of amides is 2. The molecule has 116 valence electrons. The molecule has 0 aromatic rings. The number of halogens is 3. The summed E-state index contributed by atoms with van der Waals surface area (Å²) < 4.78 is 40.7. The van der Waals surface area contributed by atoms with Gasteiger partial charge in [0, 0.05) is 19.5 Å². The molecule has 0 radical (unpaired) electrons. The van der Waals surface area contributed by atoms with Crippen LogP contribution in [-0.4, -0.2) is 48.6 Å². The van der Waals surface area contributed by atoms with E-state index in [9.17, 15) is 22.8 Å². The van der Waals surface area contributed by atoms with Gasteiger partial charge in [0.05, 0.1) is 6.10 Å². The molecule has 6 nitrogen and oxygen atoms in total. The summed E-state index contributed by atoms with van der Waals surface area (Å²) in [5.41, 5.74) is 0. The number of alkyl halides is 3. The molecule has 0 saturated carbocycles. The van der Waals surface area contributed by atoms with Crippen LogP contribution in [-0.2, 0) is 9.53 Å². The van der Waals surface area contributed by atoms with Gasteiger partial charge in [-0.3, -0.25) is 0 Å². The molecule has 0 aromatic carbocycles. The summed E-state index contributed by atoms with van der Waals surface area (Å²) in [4.78, 5) is 21.9. The van der Waals surface area contributed by atoms with Crippen molar-refractivity contribution in [1.29, 1.82) is 0 Å². The lowest BCUT2D eigenvalue weighted by molar-refractivity contribution is -0.149. The normalized spacial score (nSPS) is 22.6. The van der Waals surface area contributed by atoms with Crippen molar-refractivity contribution in [3.8, 4) is 0 Å². The number of nitrogens with one attached hydrogen (secondary N) is 2. The zero-order chi connectivity index (χ0) is 15.2. The molecule has 1 saturated heterocycles. The van der Waals surface area contributed by atoms with Gasteiger partial charge >= 0.3 is 18.2 Å². The molecule has 3 N–H and O–H groups in total. The van der Waals surface area contributed by atoms with Crippen LogP contribution in [0.5, 0.6) is 0 Å². The van der Waals surface area contributed by atoms with Crippen LogP contribution in [0.1, 0.15) is 25.7 Å². The smallest absolute Gasteiger partial charge is 0.389 e. The van der Waals surface area contributed by atoms with E-state index in [4.69, 9.17) is 9.84 Å². The quantitative estimate of drug-likeness (QED) is 0.644. The second-order valence-corrected chi connectivity index (χ2v) is 4.52. The number of carbonyl (C=O) groups is 2. The first-order valence-electron chi connectivity index (χ1n) is 6.24. The molecule has 20 heavy (non-hydrogen) atoms. The van der Waals surface area contributed by atoms with E-state index in [1.54, 1.807) is 0 Å². The standard InChI is InChI=1S/C11H17F3N2O4/c12-11(13,14)4-1-5-15-10(19)16-6-7-2-3-8(20-7)9(17)18/h7-8H,1-6H2,(H,17,18)(H2,15,16,19). The summed E-state index contributed by atoms with van der Waals surface area (Å²) in [6, 6.07) is -0.588. The fraction of sp³-hybridized carbons (Fsp3) is 0.818. The van der Waals surface area contributed by atoms with Gasteiger partial charge in [-0.05, 0) is 19.3 Å². The molecule has 0 bridgehead atoms. The molecule has 9 heteroatoms. The molecule has 0 aliphatic carbocycles. The first kappa shape index (κ1) is 16.5. The van der Waals surface area contributed by atoms with Crippen LogP contribution in [0.2, 0.25) is 0 Å². The molecule has 1 aliphatic heterocycles. The minimum absolute atomic E-state index is 0.0748. The summed E-state index contributed by atoms with van der Waals surface area (Å²) in [6.07, 6.45) is -5.67. The third-order valence-electron chi connectivity index (χ3n) is 2.80. The fourth-order valence-corrected chi connectivity index (χ4v) is 1.80. The van der Waals surface area contributed by atoms with Gasteiger partial charge in [0.25, 0.3) is 0 Å². The highest BCUT2D eigenvalue weighted by molar-refractivity contribution is 5.74. The van der Waals surface area contributed by atoms with Gasteiger partial charge in [-0.2, -0.15) is 13.2 Å². The molecule has 2 unspecified atom stereocenters. The first-order chi connectivity index (χ1) is 9.28. The van der Waals surface area contributed by atoms with Crippen LogP contribution in [0.15, 0.2) is 0 Å². The lowest BCUT2D eigenvalue weighted by atomic mass is 10.2. The Morgan fingerprint density at radius 1 is 1.25 bits per heavy atom. The van der Waals surface area contributed by atoms with Crippen LogP contribution in [0.25, 0.3) is 0 Å². The number of carbonyl (C=O) groups excluding carboxylic acids is 1. The number of hydrogen-bond donors (Lipinski definition) is 3. The van der Waals surface area contributed by atoms with E-state index < -0.39 is 30.7 Å². The van der Waals surface area contributed by atoms with Crippen molar-refractivity contribution in [3.05, 3.63) is 0 Å². The number of ether oxygens (including phenoxy) is 1. The Bertz CT molecular complexity index is 349. The van der Waals surface area contributed by atoms with Crippen LogP contribution in [0, 0.1) is 0 Å². The maximum absolute atomic E-state index is 11.8. The van der Waals surface area contributed by atoms with E-state index >= 15 is 0 Å². The number of urea groups is 1. The van der Waals surface area contributed by atoms with Gasteiger partial charge in [-0.25, -0.2) is 9.59 Å². The Labute approximate surface area is 113 Å². The Hall–Kier alpha value is -1.51. The topological polar surface area (TPSA) is 87.7 Å². The maximum Gasteiger partial charge on any atom is 0.389 e. The van der Waals surface area contributed by atoms with Crippen LogP contribution < -0.4 is 10.6 Å². The Kier molecular flexibility index (Phi) is 6.05. The summed E-state index contributed by atoms with van der Waals surface area (Å²) in [5, 5.41) is 13.4. The molecule has 2 atom stereocenters. The predicted molar refractivity (Wildman–Crippen MR) is 62.2 cm³/mol. The van der Waals surface area contributed by atoms with Gasteiger partial charge in [0.15, 0.2) is 6.10 Å². The third-order valence-corrected chi connectivity index (χ3v) is 2.80. The minimum atomic E-state index is -4.22. The molecule has 2 amide bonds. The third kappa shape index (κ3) is 6.60. The van der Waals surface area contributed by atoms with Gasteiger partial charge in [-0.15, -0.1) is 0 Å². The fourth-order valence-electron chi connectivity index (χ4n) is 1.80.